The molecule has 2 fully saturated rings. The van der Waals surface area contributed by atoms with Gasteiger partial charge in [0.1, 0.15) is 12.2 Å². The van der Waals surface area contributed by atoms with Gasteiger partial charge in [0.2, 0.25) is 0 Å². The predicted molar refractivity (Wildman–Crippen MR) is 142 cm³/mol. The molecule has 0 radical (unpaired) electrons. The highest BCUT2D eigenvalue weighted by Gasteiger charge is 2.70. The number of fused-ring (bicyclic) bond motifs is 1. The number of hydrogen-bond acceptors (Lipinski definition) is 5. The molecule has 0 amide bonds. The topological polar surface area (TPSA) is 72.8 Å². The zero-order valence-corrected chi connectivity index (χ0v) is 24.0. The van der Waals surface area contributed by atoms with Crippen LogP contribution < -0.4 is 0 Å². The van der Waals surface area contributed by atoms with Gasteiger partial charge in [-0.1, -0.05) is 55.7 Å². The highest BCUT2D eigenvalue weighted by molar-refractivity contribution is 5.67. The molecule has 3 unspecified atom stereocenters. The third-order valence-corrected chi connectivity index (χ3v) is 8.51. The Morgan fingerprint density at radius 1 is 1.14 bits per heavy atom. The van der Waals surface area contributed by atoms with Crippen molar-refractivity contribution >= 4 is 11.9 Å². The highest BCUT2D eigenvalue weighted by atomic mass is 19.4. The molecule has 1 N–H and O–H groups in total. The summed E-state index contributed by atoms with van der Waals surface area (Å²) in [4.78, 5) is 23.2. The largest absolute Gasteiger partial charge is 0.462 e. The first-order chi connectivity index (χ1) is 19.3. The van der Waals surface area contributed by atoms with Crippen LogP contribution in [0.15, 0.2) is 47.1 Å². The van der Waals surface area contributed by atoms with Gasteiger partial charge in [-0.25, -0.2) is 0 Å². The number of halogens is 6. The fourth-order valence-corrected chi connectivity index (χ4v) is 6.43. The molecule has 0 aliphatic heterocycles. The van der Waals surface area contributed by atoms with E-state index in [0.29, 0.717) is 24.8 Å². The van der Waals surface area contributed by atoms with Gasteiger partial charge in [-0.2, -0.15) is 26.3 Å². The van der Waals surface area contributed by atoms with Gasteiger partial charge < -0.3 is 14.6 Å². The SMILES string of the molecule is C=C1/C(=C\C=C2/CCC[C@]3(C)C(C(C)CC#CC(O)(C(F)(F)F)C(F)(F)F)=CCC23)CC(OC(C)=O)C[C@@H]1OC(C)=O. The van der Waals surface area contributed by atoms with Crippen molar-refractivity contribution in [3.8, 4) is 11.8 Å². The van der Waals surface area contributed by atoms with E-state index in [0.717, 1.165) is 41.9 Å². The molecule has 0 saturated heterocycles. The summed E-state index contributed by atoms with van der Waals surface area (Å²) in [5.74, 6) is 1.74. The predicted octanol–water partition coefficient (Wildman–Crippen LogP) is 7.07. The van der Waals surface area contributed by atoms with Crippen molar-refractivity contribution in [2.45, 2.75) is 103 Å². The Bertz CT molecular complexity index is 1230. The van der Waals surface area contributed by atoms with Crippen LogP contribution in [0.25, 0.3) is 0 Å². The number of carbonyl (C=O) groups excluding carboxylic acids is 2. The van der Waals surface area contributed by atoms with Crippen LogP contribution in [0, 0.1) is 29.1 Å². The monoisotopic (exact) mass is 602 g/mol. The Labute approximate surface area is 241 Å². The molecule has 0 aromatic rings. The summed E-state index contributed by atoms with van der Waals surface area (Å²) in [6.07, 6.45) is -3.67. The van der Waals surface area contributed by atoms with Crippen LogP contribution in [-0.4, -0.2) is 47.2 Å². The summed E-state index contributed by atoms with van der Waals surface area (Å²) < 4.78 is 88.8. The van der Waals surface area contributed by atoms with Gasteiger partial charge in [0.05, 0.1) is 0 Å². The zero-order valence-electron chi connectivity index (χ0n) is 24.0. The molecule has 0 bridgehead atoms. The van der Waals surface area contributed by atoms with E-state index in [1.54, 1.807) is 6.92 Å². The number of hydrogen-bond donors (Lipinski definition) is 1. The maximum Gasteiger partial charge on any atom is 0.438 e. The van der Waals surface area contributed by atoms with E-state index in [1.807, 2.05) is 24.1 Å². The lowest BCUT2D eigenvalue weighted by Gasteiger charge is -2.42. The van der Waals surface area contributed by atoms with Crippen LogP contribution in [0.3, 0.4) is 0 Å². The first-order valence-electron chi connectivity index (χ1n) is 13.8. The normalized spacial score (nSPS) is 29.4. The molecular weight excluding hydrogens is 566 g/mol. The molecule has 3 aliphatic carbocycles. The number of esters is 2. The third-order valence-electron chi connectivity index (χ3n) is 8.51. The van der Waals surface area contributed by atoms with Gasteiger partial charge in [0, 0.05) is 33.1 Å². The number of aliphatic hydroxyl groups is 1. The molecule has 0 aromatic carbocycles. The molecule has 5 nitrogen and oxygen atoms in total. The number of carbonyl (C=O) groups is 2. The van der Waals surface area contributed by atoms with E-state index in [-0.39, 0.29) is 17.8 Å². The summed E-state index contributed by atoms with van der Waals surface area (Å²) in [5, 5.41) is 9.33. The molecule has 42 heavy (non-hydrogen) atoms. The van der Waals surface area contributed by atoms with Crippen molar-refractivity contribution in [1.82, 2.24) is 0 Å². The Morgan fingerprint density at radius 2 is 1.76 bits per heavy atom. The van der Waals surface area contributed by atoms with Crippen molar-refractivity contribution in [1.29, 1.82) is 0 Å². The molecule has 11 heteroatoms. The number of rotatable bonds is 5. The second kappa shape index (κ2) is 12.3. The summed E-state index contributed by atoms with van der Waals surface area (Å²) >= 11 is 0. The minimum absolute atomic E-state index is 0.0705. The van der Waals surface area contributed by atoms with Crippen molar-refractivity contribution < 1.29 is 50.5 Å². The van der Waals surface area contributed by atoms with Crippen LogP contribution >= 0.6 is 0 Å². The highest BCUT2D eigenvalue weighted by Crippen LogP contribution is 2.57. The van der Waals surface area contributed by atoms with Gasteiger partial charge in [0.25, 0.3) is 0 Å². The first kappa shape index (κ1) is 33.5. The lowest BCUT2D eigenvalue weighted by atomic mass is 9.62. The van der Waals surface area contributed by atoms with E-state index < -0.39 is 48.0 Å². The van der Waals surface area contributed by atoms with E-state index in [2.05, 4.69) is 13.5 Å². The molecule has 2 saturated carbocycles. The van der Waals surface area contributed by atoms with Crippen LogP contribution in [0.5, 0.6) is 0 Å². The maximum absolute atomic E-state index is 13.0. The van der Waals surface area contributed by atoms with Gasteiger partial charge in [-0.15, -0.1) is 0 Å². The van der Waals surface area contributed by atoms with E-state index >= 15 is 0 Å². The number of ether oxygens (including phenoxy) is 2. The second-order valence-electron chi connectivity index (χ2n) is 11.6. The molecule has 232 valence electrons. The zero-order chi connectivity index (χ0) is 31.7. The van der Waals surface area contributed by atoms with Crippen molar-refractivity contribution in [3.63, 3.8) is 0 Å². The number of allylic oxidation sites excluding steroid dienone is 5. The minimum Gasteiger partial charge on any atom is -0.462 e. The van der Waals surface area contributed by atoms with Crippen LogP contribution in [0.1, 0.15) is 72.6 Å². The Hall–Kier alpha value is -3.00. The van der Waals surface area contributed by atoms with Crippen molar-refractivity contribution in [2.75, 3.05) is 0 Å². The molecule has 3 aliphatic rings. The van der Waals surface area contributed by atoms with E-state index in [9.17, 15) is 41.0 Å². The smallest absolute Gasteiger partial charge is 0.438 e. The fourth-order valence-electron chi connectivity index (χ4n) is 6.43. The fraction of sp³-hybridized carbons (Fsp3) is 0.613. The first-order valence-corrected chi connectivity index (χ1v) is 13.8. The van der Waals surface area contributed by atoms with E-state index in [4.69, 9.17) is 9.47 Å². The molecule has 0 spiro atoms. The summed E-state index contributed by atoms with van der Waals surface area (Å²) in [7, 11) is 0. The van der Waals surface area contributed by atoms with Crippen molar-refractivity contribution in [3.05, 3.63) is 47.1 Å². The average Bonchev–Trinajstić information content (AvgIpc) is 3.20. The lowest BCUT2D eigenvalue weighted by molar-refractivity contribution is -0.343. The quantitative estimate of drug-likeness (QED) is 0.158. The van der Waals surface area contributed by atoms with Gasteiger partial charge >= 0.3 is 29.9 Å². The average molecular weight is 603 g/mol. The Kier molecular flexibility index (Phi) is 9.82. The van der Waals surface area contributed by atoms with E-state index in [1.165, 1.54) is 13.8 Å². The standard InChI is InChI=1S/C31H36F6O5/c1-18(8-6-15-29(40,30(32,33)34)31(35,36)37)25-12-13-26-22(9-7-14-28(25,26)5)10-11-23-16-24(41-20(3)38)17-27(19(23)2)42-21(4)39/h10-12,18,24,26-27,40H,2,7-9,13-14,16-17H2,1,3-5H3/b22-10+,23-11-/t18?,24?,26?,27-,28+/m0/s1. The van der Waals surface area contributed by atoms with Crippen LogP contribution in [0.2, 0.25) is 0 Å². The van der Waals surface area contributed by atoms with Crippen molar-refractivity contribution in [2.24, 2.45) is 17.3 Å². The summed E-state index contributed by atoms with van der Waals surface area (Å²) in [6.45, 7) is 10.5. The molecule has 0 aromatic heterocycles. The minimum atomic E-state index is -5.98. The van der Waals surface area contributed by atoms with Crippen LogP contribution in [-0.2, 0) is 19.1 Å². The molecule has 0 heterocycles. The Morgan fingerprint density at radius 3 is 2.33 bits per heavy atom. The third kappa shape index (κ3) is 6.96. The molecule has 5 atom stereocenters. The molecule has 3 rings (SSSR count). The Balaban J connectivity index is 1.81. The van der Waals surface area contributed by atoms with Gasteiger partial charge in [-0.3, -0.25) is 9.59 Å². The van der Waals surface area contributed by atoms with Crippen LogP contribution in [0.4, 0.5) is 26.3 Å². The summed E-state index contributed by atoms with van der Waals surface area (Å²) in [6, 6.07) is 0. The van der Waals surface area contributed by atoms with Gasteiger partial charge in [0.15, 0.2) is 0 Å². The van der Waals surface area contributed by atoms with Gasteiger partial charge in [-0.05, 0) is 60.0 Å². The number of alkyl halides is 6. The maximum atomic E-state index is 13.0. The second-order valence-corrected chi connectivity index (χ2v) is 11.6. The lowest BCUT2D eigenvalue weighted by Crippen LogP contribution is -2.55. The summed E-state index contributed by atoms with van der Waals surface area (Å²) in [5.41, 5.74) is -1.98. The molecular formula is C31H36F6O5.